The zero-order valence-electron chi connectivity index (χ0n) is 17.0. The molecule has 1 unspecified atom stereocenters. The number of anilines is 2. The third kappa shape index (κ3) is 6.45. The van der Waals surface area contributed by atoms with Crippen LogP contribution in [0.5, 0.6) is 0 Å². The van der Waals surface area contributed by atoms with Gasteiger partial charge < -0.3 is 16.4 Å². The largest absolute Gasteiger partial charge is 0.366 e. The molecular weight excluding hydrogens is 410 g/mol. The predicted octanol–water partition coefficient (Wildman–Crippen LogP) is 4.09. The minimum Gasteiger partial charge on any atom is -0.366 e. The number of thioether (sulfide) groups is 1. The molecule has 7 heteroatoms. The molecule has 3 amide bonds. The second-order valence-corrected chi connectivity index (χ2v) is 8.31. The van der Waals surface area contributed by atoms with Gasteiger partial charge in [0.2, 0.25) is 11.8 Å². The van der Waals surface area contributed by atoms with E-state index >= 15 is 0 Å². The van der Waals surface area contributed by atoms with Crippen molar-refractivity contribution in [1.29, 1.82) is 0 Å². The Morgan fingerprint density at radius 3 is 2.35 bits per heavy atom. The quantitative estimate of drug-likeness (QED) is 0.466. The normalized spacial score (nSPS) is 11.4. The molecular formula is C24H23N3O3S. The Bertz CT molecular complexity index is 1090. The fourth-order valence-electron chi connectivity index (χ4n) is 2.93. The summed E-state index contributed by atoms with van der Waals surface area (Å²) in [5.74, 6) is -0.963. The van der Waals surface area contributed by atoms with Crippen molar-refractivity contribution < 1.29 is 14.4 Å². The Hall–Kier alpha value is -3.58. The maximum Gasteiger partial charge on any atom is 0.250 e. The minimum absolute atomic E-state index is 0.109. The standard InChI is InChI=1S/C24H23N3O3S/c1-16(24(30)27-21-13-6-5-12-20(21)23(25)29)31-19-11-7-10-18(15-19)26-22(28)14-17-8-3-2-4-9-17/h2-13,15-16H,14H2,1H3,(H2,25,29)(H,26,28)(H,27,30). The second-order valence-electron chi connectivity index (χ2n) is 6.90. The number of hydrogen-bond acceptors (Lipinski definition) is 4. The maximum absolute atomic E-state index is 12.6. The first kappa shape index (κ1) is 22.1. The van der Waals surface area contributed by atoms with Crippen molar-refractivity contribution in [2.24, 2.45) is 5.73 Å². The highest BCUT2D eigenvalue weighted by Gasteiger charge is 2.17. The summed E-state index contributed by atoms with van der Waals surface area (Å²) in [5.41, 5.74) is 7.61. The molecule has 0 bridgehead atoms. The van der Waals surface area contributed by atoms with E-state index in [1.165, 1.54) is 11.8 Å². The Balaban J connectivity index is 1.60. The first-order valence-electron chi connectivity index (χ1n) is 9.72. The summed E-state index contributed by atoms with van der Waals surface area (Å²) >= 11 is 1.35. The molecule has 0 radical (unpaired) electrons. The van der Waals surface area contributed by atoms with Gasteiger partial charge in [-0.2, -0.15) is 0 Å². The molecule has 3 aromatic rings. The summed E-state index contributed by atoms with van der Waals surface area (Å²) in [6.45, 7) is 1.77. The lowest BCUT2D eigenvalue weighted by molar-refractivity contribution is -0.116. The number of amides is 3. The van der Waals surface area contributed by atoms with E-state index in [2.05, 4.69) is 10.6 Å². The highest BCUT2D eigenvalue weighted by atomic mass is 32.2. The molecule has 0 aliphatic rings. The van der Waals surface area contributed by atoms with Gasteiger partial charge in [-0.05, 0) is 42.8 Å². The lowest BCUT2D eigenvalue weighted by Crippen LogP contribution is -2.24. The van der Waals surface area contributed by atoms with Gasteiger partial charge in [0.05, 0.1) is 22.9 Å². The Kier molecular flexibility index (Phi) is 7.45. The highest BCUT2D eigenvalue weighted by molar-refractivity contribution is 8.00. The summed E-state index contributed by atoms with van der Waals surface area (Å²) < 4.78 is 0. The van der Waals surface area contributed by atoms with Gasteiger partial charge in [0, 0.05) is 10.6 Å². The molecule has 3 aromatic carbocycles. The van der Waals surface area contributed by atoms with E-state index in [4.69, 9.17) is 5.73 Å². The zero-order valence-corrected chi connectivity index (χ0v) is 17.8. The molecule has 158 valence electrons. The molecule has 0 aliphatic carbocycles. The van der Waals surface area contributed by atoms with E-state index in [0.717, 1.165) is 10.5 Å². The van der Waals surface area contributed by atoms with E-state index < -0.39 is 11.2 Å². The van der Waals surface area contributed by atoms with Gasteiger partial charge in [0.15, 0.2) is 0 Å². The van der Waals surface area contributed by atoms with Crippen LogP contribution in [0.3, 0.4) is 0 Å². The number of hydrogen-bond donors (Lipinski definition) is 3. The Morgan fingerprint density at radius 2 is 1.61 bits per heavy atom. The van der Waals surface area contributed by atoms with Crippen LogP contribution in [0.1, 0.15) is 22.8 Å². The number of primary amides is 1. The number of benzene rings is 3. The average molecular weight is 434 g/mol. The third-order valence-corrected chi connectivity index (χ3v) is 5.55. The average Bonchev–Trinajstić information content (AvgIpc) is 2.74. The number of carbonyl (C=O) groups excluding carboxylic acids is 3. The molecule has 0 saturated carbocycles. The number of para-hydroxylation sites is 1. The van der Waals surface area contributed by atoms with Crippen LogP contribution in [0.4, 0.5) is 11.4 Å². The Labute approximate surface area is 185 Å². The molecule has 0 saturated heterocycles. The molecule has 0 heterocycles. The number of nitrogens with one attached hydrogen (secondary N) is 2. The van der Waals surface area contributed by atoms with E-state index in [0.29, 0.717) is 11.4 Å². The van der Waals surface area contributed by atoms with Crippen molar-refractivity contribution in [2.75, 3.05) is 10.6 Å². The van der Waals surface area contributed by atoms with E-state index in [1.54, 1.807) is 37.3 Å². The summed E-state index contributed by atoms with van der Waals surface area (Å²) in [7, 11) is 0. The molecule has 0 fully saturated rings. The van der Waals surface area contributed by atoms with Gasteiger partial charge in [-0.1, -0.05) is 48.5 Å². The molecule has 6 nitrogen and oxygen atoms in total. The summed E-state index contributed by atoms with van der Waals surface area (Å²) in [6, 6.07) is 23.5. The highest BCUT2D eigenvalue weighted by Crippen LogP contribution is 2.27. The van der Waals surface area contributed by atoms with Crippen molar-refractivity contribution in [3.05, 3.63) is 90.0 Å². The van der Waals surface area contributed by atoms with Gasteiger partial charge in [0.25, 0.3) is 5.91 Å². The van der Waals surface area contributed by atoms with Crippen LogP contribution in [0.15, 0.2) is 83.8 Å². The molecule has 4 N–H and O–H groups in total. The summed E-state index contributed by atoms with van der Waals surface area (Å²) in [4.78, 5) is 37.3. The van der Waals surface area contributed by atoms with Gasteiger partial charge in [-0.3, -0.25) is 14.4 Å². The monoisotopic (exact) mass is 433 g/mol. The van der Waals surface area contributed by atoms with Crippen LogP contribution < -0.4 is 16.4 Å². The number of carbonyl (C=O) groups is 3. The smallest absolute Gasteiger partial charge is 0.250 e. The second kappa shape index (κ2) is 10.4. The molecule has 1 atom stereocenters. The van der Waals surface area contributed by atoms with E-state index in [-0.39, 0.29) is 23.8 Å². The van der Waals surface area contributed by atoms with Crippen LogP contribution in [0.25, 0.3) is 0 Å². The Morgan fingerprint density at radius 1 is 0.903 bits per heavy atom. The van der Waals surface area contributed by atoms with Gasteiger partial charge in [0.1, 0.15) is 0 Å². The van der Waals surface area contributed by atoms with Crippen LogP contribution in [0, 0.1) is 0 Å². The van der Waals surface area contributed by atoms with Crippen molar-refractivity contribution >= 4 is 40.9 Å². The molecule has 0 aliphatic heterocycles. The van der Waals surface area contributed by atoms with Gasteiger partial charge in [-0.15, -0.1) is 11.8 Å². The van der Waals surface area contributed by atoms with Gasteiger partial charge in [-0.25, -0.2) is 0 Å². The zero-order chi connectivity index (χ0) is 22.2. The topological polar surface area (TPSA) is 101 Å². The van der Waals surface area contributed by atoms with Crippen molar-refractivity contribution in [1.82, 2.24) is 0 Å². The summed E-state index contributed by atoms with van der Waals surface area (Å²) in [6.07, 6.45) is 0.288. The first-order valence-corrected chi connectivity index (χ1v) is 10.6. The lowest BCUT2D eigenvalue weighted by atomic mass is 10.1. The van der Waals surface area contributed by atoms with E-state index in [9.17, 15) is 14.4 Å². The fraction of sp³-hybridized carbons (Fsp3) is 0.125. The predicted molar refractivity (Wildman–Crippen MR) is 124 cm³/mol. The van der Waals surface area contributed by atoms with E-state index in [1.807, 2.05) is 48.5 Å². The SMILES string of the molecule is CC(Sc1cccc(NC(=O)Cc2ccccc2)c1)C(=O)Nc1ccccc1C(N)=O. The minimum atomic E-state index is -0.602. The number of rotatable bonds is 8. The van der Waals surface area contributed by atoms with Crippen LogP contribution >= 0.6 is 11.8 Å². The molecule has 3 rings (SSSR count). The third-order valence-electron chi connectivity index (χ3n) is 4.46. The van der Waals surface area contributed by atoms with Crippen molar-refractivity contribution in [2.45, 2.75) is 23.5 Å². The fourth-order valence-corrected chi connectivity index (χ4v) is 3.86. The lowest BCUT2D eigenvalue weighted by Gasteiger charge is -2.14. The molecule has 31 heavy (non-hydrogen) atoms. The van der Waals surface area contributed by atoms with Crippen molar-refractivity contribution in [3.63, 3.8) is 0 Å². The molecule has 0 aromatic heterocycles. The van der Waals surface area contributed by atoms with Crippen LogP contribution in [-0.2, 0) is 16.0 Å². The maximum atomic E-state index is 12.6. The number of nitrogens with two attached hydrogens (primary N) is 1. The summed E-state index contributed by atoms with van der Waals surface area (Å²) in [5, 5.41) is 5.21. The van der Waals surface area contributed by atoms with Gasteiger partial charge >= 0.3 is 0 Å². The van der Waals surface area contributed by atoms with Crippen molar-refractivity contribution in [3.8, 4) is 0 Å². The first-order chi connectivity index (χ1) is 14.9. The van der Waals surface area contributed by atoms with Crippen LogP contribution in [-0.4, -0.2) is 23.0 Å². The molecule has 0 spiro atoms. The van der Waals surface area contributed by atoms with Crippen LogP contribution in [0.2, 0.25) is 0 Å².